The molecular formula is C20H32N3O4S+. The van der Waals surface area contributed by atoms with E-state index in [1.165, 1.54) is 15.6 Å². The number of quaternary nitrogens is 1. The molecule has 3 atom stereocenters. The number of aryl methyl sites for hydroxylation is 1. The second kappa shape index (κ2) is 8.90. The van der Waals surface area contributed by atoms with E-state index in [4.69, 9.17) is 4.74 Å². The van der Waals surface area contributed by atoms with Gasteiger partial charge in [0.15, 0.2) is 6.04 Å². The van der Waals surface area contributed by atoms with Gasteiger partial charge in [-0.1, -0.05) is 13.0 Å². The van der Waals surface area contributed by atoms with Gasteiger partial charge >= 0.3 is 0 Å². The van der Waals surface area contributed by atoms with E-state index >= 15 is 0 Å². The lowest BCUT2D eigenvalue weighted by Crippen LogP contribution is -3.17. The van der Waals surface area contributed by atoms with Gasteiger partial charge in [0.05, 0.1) is 31.2 Å². The van der Waals surface area contributed by atoms with Crippen molar-refractivity contribution in [2.75, 3.05) is 44.7 Å². The predicted octanol–water partition coefficient (Wildman–Crippen LogP) is 0.658. The minimum atomic E-state index is -3.60. The fourth-order valence-electron chi connectivity index (χ4n) is 4.04. The summed E-state index contributed by atoms with van der Waals surface area (Å²) in [7, 11) is -3.60. The SMILES string of the molecule is Cc1ccc(NC(=O)[C@@H](C)[NH+]2CCC[C@H](C)C2)cc1S(=O)(=O)N1CCOCC1. The van der Waals surface area contributed by atoms with Crippen LogP contribution in [-0.2, 0) is 19.6 Å². The summed E-state index contributed by atoms with van der Waals surface area (Å²) in [5.74, 6) is 0.561. The molecule has 2 saturated heterocycles. The van der Waals surface area contributed by atoms with Crippen LogP contribution in [0.2, 0.25) is 0 Å². The molecule has 1 unspecified atom stereocenters. The Bertz CT molecular complexity index is 806. The van der Waals surface area contributed by atoms with Crippen molar-refractivity contribution in [3.8, 4) is 0 Å². The molecule has 2 N–H and O–H groups in total. The second-order valence-electron chi connectivity index (χ2n) is 8.07. The summed E-state index contributed by atoms with van der Waals surface area (Å²) in [5, 5.41) is 2.93. The van der Waals surface area contributed by atoms with Crippen molar-refractivity contribution >= 4 is 21.6 Å². The maximum absolute atomic E-state index is 13.0. The lowest BCUT2D eigenvalue weighted by Gasteiger charge is -2.31. The van der Waals surface area contributed by atoms with Gasteiger partial charge in [-0.15, -0.1) is 0 Å². The Morgan fingerprint density at radius 3 is 2.71 bits per heavy atom. The zero-order valence-corrected chi connectivity index (χ0v) is 17.8. The van der Waals surface area contributed by atoms with Crippen LogP contribution >= 0.6 is 0 Å². The number of carbonyl (C=O) groups excluding carboxylic acids is 1. The average molecular weight is 411 g/mol. The first-order valence-corrected chi connectivity index (χ1v) is 11.6. The maximum Gasteiger partial charge on any atom is 0.282 e. The molecule has 156 valence electrons. The van der Waals surface area contributed by atoms with E-state index in [9.17, 15) is 13.2 Å². The summed E-state index contributed by atoms with van der Waals surface area (Å²) in [6.07, 6.45) is 2.36. The number of nitrogens with zero attached hydrogens (tertiary/aromatic N) is 1. The summed E-state index contributed by atoms with van der Waals surface area (Å²) >= 11 is 0. The number of carbonyl (C=O) groups is 1. The Kier molecular flexibility index (Phi) is 6.75. The third kappa shape index (κ3) is 4.74. The number of nitrogens with one attached hydrogen (secondary N) is 2. The molecule has 1 aromatic carbocycles. The van der Waals surface area contributed by atoms with Gasteiger partial charge in [-0.05, 0) is 44.4 Å². The topological polar surface area (TPSA) is 80.2 Å². The second-order valence-corrected chi connectivity index (χ2v) is 9.97. The highest BCUT2D eigenvalue weighted by molar-refractivity contribution is 7.89. The molecule has 8 heteroatoms. The fraction of sp³-hybridized carbons (Fsp3) is 0.650. The highest BCUT2D eigenvalue weighted by atomic mass is 32.2. The number of rotatable bonds is 5. The molecule has 0 saturated carbocycles. The van der Waals surface area contributed by atoms with Gasteiger partial charge < -0.3 is 15.0 Å². The molecule has 1 aromatic rings. The van der Waals surface area contributed by atoms with Crippen LogP contribution in [-0.4, -0.2) is 64.1 Å². The van der Waals surface area contributed by atoms with Gasteiger partial charge in [0.25, 0.3) is 5.91 Å². The van der Waals surface area contributed by atoms with Crippen molar-refractivity contribution in [1.82, 2.24) is 4.31 Å². The van der Waals surface area contributed by atoms with Gasteiger partial charge in [0.1, 0.15) is 0 Å². The molecule has 2 fully saturated rings. The van der Waals surface area contributed by atoms with Crippen molar-refractivity contribution < 1.29 is 22.8 Å². The predicted molar refractivity (Wildman–Crippen MR) is 108 cm³/mol. The first-order valence-electron chi connectivity index (χ1n) is 10.1. The van der Waals surface area contributed by atoms with Gasteiger partial charge in [-0.3, -0.25) is 4.79 Å². The molecule has 7 nitrogen and oxygen atoms in total. The summed E-state index contributed by atoms with van der Waals surface area (Å²) in [6.45, 7) is 9.47. The van der Waals surface area contributed by atoms with Crippen molar-refractivity contribution in [1.29, 1.82) is 0 Å². The summed E-state index contributed by atoms with van der Waals surface area (Å²) in [4.78, 5) is 14.3. The fourth-order valence-corrected chi connectivity index (χ4v) is 5.70. The van der Waals surface area contributed by atoms with Crippen molar-refractivity contribution in [3.05, 3.63) is 23.8 Å². The zero-order chi connectivity index (χ0) is 20.3. The first kappa shape index (κ1) is 21.2. The quantitative estimate of drug-likeness (QED) is 0.747. The molecule has 2 aliphatic heterocycles. The highest BCUT2D eigenvalue weighted by Gasteiger charge is 2.31. The minimum absolute atomic E-state index is 0.0670. The molecule has 0 radical (unpaired) electrons. The summed E-state index contributed by atoms with van der Waals surface area (Å²) < 4.78 is 32.7. The summed E-state index contributed by atoms with van der Waals surface area (Å²) in [5.41, 5.74) is 1.20. The monoisotopic (exact) mass is 410 g/mol. The van der Waals surface area contributed by atoms with Crippen molar-refractivity contribution in [2.45, 2.75) is 44.6 Å². The summed E-state index contributed by atoms with van der Waals surface area (Å²) in [6, 6.07) is 4.94. The molecule has 0 aromatic heterocycles. The molecule has 0 aliphatic carbocycles. The van der Waals surface area contributed by atoms with Crippen molar-refractivity contribution in [3.63, 3.8) is 0 Å². The highest BCUT2D eigenvalue weighted by Crippen LogP contribution is 2.24. The van der Waals surface area contributed by atoms with Crippen LogP contribution in [0.5, 0.6) is 0 Å². The number of amides is 1. The van der Waals surface area contributed by atoms with Gasteiger partial charge in [0.2, 0.25) is 10.0 Å². The van der Waals surface area contributed by atoms with Gasteiger partial charge in [0, 0.05) is 24.7 Å². The van der Waals surface area contributed by atoms with E-state index in [2.05, 4.69) is 12.2 Å². The van der Waals surface area contributed by atoms with E-state index in [-0.39, 0.29) is 16.8 Å². The van der Waals surface area contributed by atoms with E-state index in [0.29, 0.717) is 43.5 Å². The van der Waals surface area contributed by atoms with E-state index in [1.807, 2.05) is 6.92 Å². The number of hydrogen-bond acceptors (Lipinski definition) is 4. The molecular weight excluding hydrogens is 378 g/mol. The number of sulfonamides is 1. The van der Waals surface area contributed by atoms with E-state index in [0.717, 1.165) is 19.5 Å². The van der Waals surface area contributed by atoms with Crippen LogP contribution in [0.1, 0.15) is 32.3 Å². The Balaban J connectivity index is 1.74. The smallest absolute Gasteiger partial charge is 0.282 e. The Morgan fingerprint density at radius 1 is 1.32 bits per heavy atom. The number of hydrogen-bond donors (Lipinski definition) is 2. The molecule has 2 heterocycles. The maximum atomic E-state index is 13.0. The molecule has 0 bridgehead atoms. The average Bonchev–Trinajstić information content (AvgIpc) is 2.69. The van der Waals surface area contributed by atoms with Crippen LogP contribution in [0.4, 0.5) is 5.69 Å². The van der Waals surface area contributed by atoms with E-state index < -0.39 is 10.0 Å². The van der Waals surface area contributed by atoms with Crippen LogP contribution in [0.3, 0.4) is 0 Å². The third-order valence-corrected chi connectivity index (χ3v) is 7.90. The number of ether oxygens (including phenoxy) is 1. The first-order chi connectivity index (χ1) is 13.3. The Labute approximate surface area is 168 Å². The van der Waals surface area contributed by atoms with Crippen LogP contribution in [0, 0.1) is 12.8 Å². The molecule has 0 spiro atoms. The standard InChI is InChI=1S/C20H31N3O4S/c1-15-5-4-8-22(14-15)17(3)20(24)21-18-7-6-16(2)19(13-18)28(25,26)23-9-11-27-12-10-23/h6-7,13,15,17H,4-5,8-12,14H2,1-3H3,(H,21,24)/p+1/t15-,17+/m0/s1. The zero-order valence-electron chi connectivity index (χ0n) is 17.0. The van der Waals surface area contributed by atoms with Gasteiger partial charge in [-0.25, -0.2) is 8.42 Å². The molecule has 1 amide bonds. The molecule has 2 aliphatic rings. The number of benzene rings is 1. The van der Waals surface area contributed by atoms with Crippen LogP contribution < -0.4 is 10.2 Å². The van der Waals surface area contributed by atoms with Gasteiger partial charge in [-0.2, -0.15) is 4.31 Å². The number of likely N-dealkylation sites (tertiary alicyclic amines) is 1. The largest absolute Gasteiger partial charge is 0.379 e. The van der Waals surface area contributed by atoms with Crippen molar-refractivity contribution in [2.24, 2.45) is 5.92 Å². The van der Waals surface area contributed by atoms with Crippen LogP contribution in [0.25, 0.3) is 0 Å². The third-order valence-electron chi connectivity index (χ3n) is 5.85. The number of piperidine rings is 1. The Hall–Kier alpha value is -1.48. The lowest BCUT2D eigenvalue weighted by molar-refractivity contribution is -0.922. The number of morpholine rings is 1. The molecule has 28 heavy (non-hydrogen) atoms. The Morgan fingerprint density at radius 2 is 2.04 bits per heavy atom. The molecule has 3 rings (SSSR count). The normalized spacial score (nSPS) is 25.2. The lowest BCUT2D eigenvalue weighted by atomic mass is 9.99. The van der Waals surface area contributed by atoms with E-state index in [1.54, 1.807) is 25.1 Å². The minimum Gasteiger partial charge on any atom is -0.379 e. The number of anilines is 1. The van der Waals surface area contributed by atoms with Crippen LogP contribution in [0.15, 0.2) is 23.1 Å².